The van der Waals surface area contributed by atoms with Crippen LogP contribution in [0.15, 0.2) is 59.5 Å². The topological polar surface area (TPSA) is 89.5 Å². The van der Waals surface area contributed by atoms with Crippen LogP contribution < -0.4 is 4.72 Å². The molecule has 9 heteroatoms. The highest BCUT2D eigenvalue weighted by Crippen LogP contribution is 2.30. The second-order valence-electron chi connectivity index (χ2n) is 8.47. The van der Waals surface area contributed by atoms with Gasteiger partial charge in [0.05, 0.1) is 15.6 Å². The summed E-state index contributed by atoms with van der Waals surface area (Å²) in [6.07, 6.45) is 3.01. The molecule has 0 aliphatic heterocycles. The predicted octanol–water partition coefficient (Wildman–Crippen LogP) is 6.79. The van der Waals surface area contributed by atoms with Gasteiger partial charge < -0.3 is 4.74 Å². The van der Waals surface area contributed by atoms with Crippen LogP contribution in [-0.2, 0) is 21.2 Å². The quantitative estimate of drug-likeness (QED) is 0.223. The number of carbonyl (C=O) groups excluding carboxylic acids is 2. The molecule has 1 N–H and O–H groups in total. The Morgan fingerprint density at radius 1 is 0.917 bits per heavy atom. The first-order chi connectivity index (χ1) is 17.0. The number of anilines is 1. The molecule has 0 saturated carbocycles. The lowest BCUT2D eigenvalue weighted by atomic mass is 10.0. The summed E-state index contributed by atoms with van der Waals surface area (Å²) in [5, 5.41) is -0.252. The number of hydrogen-bond acceptors (Lipinski definition) is 5. The van der Waals surface area contributed by atoms with Crippen molar-refractivity contribution in [2.24, 2.45) is 0 Å². The number of unbranched alkanes of at least 4 members (excludes halogenated alkanes) is 1. The van der Waals surface area contributed by atoms with Gasteiger partial charge in [-0.1, -0.05) is 60.8 Å². The van der Waals surface area contributed by atoms with Gasteiger partial charge in [0.15, 0.2) is 12.4 Å². The van der Waals surface area contributed by atoms with Gasteiger partial charge in [-0.25, -0.2) is 13.2 Å². The molecule has 3 aromatic carbocycles. The molecule has 0 radical (unpaired) electrons. The standard InChI is InChI=1S/C27H27Cl2NO5S/c1-4-5-6-19-8-11-21(12-9-19)30-36(33,34)26-14-22(23(28)15-24(26)29)27(32)35-16-25(31)20-10-7-17(2)18(3)13-20/h7-15,30H,4-6,16H2,1-3H3. The fourth-order valence-electron chi connectivity index (χ4n) is 3.43. The Hall–Kier alpha value is -2.87. The molecule has 3 rings (SSSR count). The van der Waals surface area contributed by atoms with Crippen LogP contribution in [0.2, 0.25) is 10.0 Å². The number of aryl methyl sites for hydroxylation is 3. The van der Waals surface area contributed by atoms with Crippen molar-refractivity contribution in [1.82, 2.24) is 0 Å². The van der Waals surface area contributed by atoms with Crippen LogP contribution in [0.1, 0.15) is 57.2 Å². The van der Waals surface area contributed by atoms with Gasteiger partial charge in [0.25, 0.3) is 10.0 Å². The third-order valence-electron chi connectivity index (χ3n) is 5.72. The first-order valence-electron chi connectivity index (χ1n) is 11.4. The van der Waals surface area contributed by atoms with Crippen LogP contribution in [0.4, 0.5) is 5.69 Å². The minimum atomic E-state index is -4.14. The fourth-order valence-corrected chi connectivity index (χ4v) is 5.34. The van der Waals surface area contributed by atoms with E-state index in [4.69, 9.17) is 27.9 Å². The molecule has 6 nitrogen and oxygen atoms in total. The van der Waals surface area contributed by atoms with E-state index in [2.05, 4.69) is 11.6 Å². The molecule has 0 spiro atoms. The van der Waals surface area contributed by atoms with Crippen molar-refractivity contribution in [2.45, 2.75) is 44.9 Å². The lowest BCUT2D eigenvalue weighted by Gasteiger charge is -2.13. The summed E-state index contributed by atoms with van der Waals surface area (Å²) in [7, 11) is -4.14. The van der Waals surface area contributed by atoms with Gasteiger partial charge in [-0.2, -0.15) is 0 Å². The molecule has 190 valence electrons. The number of sulfonamides is 1. The van der Waals surface area contributed by atoms with Gasteiger partial charge in [0, 0.05) is 11.3 Å². The van der Waals surface area contributed by atoms with E-state index >= 15 is 0 Å². The summed E-state index contributed by atoms with van der Waals surface area (Å²) in [6, 6.07) is 14.4. The zero-order chi connectivity index (χ0) is 26.5. The third kappa shape index (κ3) is 6.87. The van der Waals surface area contributed by atoms with Crippen LogP contribution in [-0.4, -0.2) is 26.8 Å². The number of nitrogens with one attached hydrogen (secondary N) is 1. The molecule has 36 heavy (non-hydrogen) atoms. The number of esters is 1. The van der Waals surface area contributed by atoms with E-state index < -0.39 is 28.4 Å². The zero-order valence-corrected chi connectivity index (χ0v) is 22.6. The van der Waals surface area contributed by atoms with Crippen LogP contribution >= 0.6 is 23.2 Å². The van der Waals surface area contributed by atoms with Crippen LogP contribution in [0.25, 0.3) is 0 Å². The van der Waals surface area contributed by atoms with E-state index in [1.807, 2.05) is 32.0 Å². The van der Waals surface area contributed by atoms with Crippen LogP contribution in [0.5, 0.6) is 0 Å². The van der Waals surface area contributed by atoms with Gasteiger partial charge >= 0.3 is 5.97 Å². The lowest BCUT2D eigenvalue weighted by molar-refractivity contribution is 0.0474. The fraction of sp³-hybridized carbons (Fsp3) is 0.259. The third-order valence-corrected chi connectivity index (χ3v) is 7.88. The Kier molecular flexibility index (Phi) is 9.17. The highest BCUT2D eigenvalue weighted by Gasteiger charge is 2.24. The Balaban J connectivity index is 1.76. The predicted molar refractivity (Wildman–Crippen MR) is 143 cm³/mol. The number of ketones is 1. The second-order valence-corrected chi connectivity index (χ2v) is 10.9. The molecule has 0 aliphatic rings. The van der Waals surface area contributed by atoms with Crippen molar-refractivity contribution < 1.29 is 22.7 Å². The van der Waals surface area contributed by atoms with Crippen LogP contribution in [0.3, 0.4) is 0 Å². The summed E-state index contributed by atoms with van der Waals surface area (Å²) in [5.41, 5.74) is 3.61. The maximum absolute atomic E-state index is 13.0. The second kappa shape index (κ2) is 11.9. The summed E-state index contributed by atoms with van der Waals surface area (Å²) in [4.78, 5) is 24.8. The molecular weight excluding hydrogens is 521 g/mol. The Bertz CT molecular complexity index is 1390. The lowest BCUT2D eigenvalue weighted by Crippen LogP contribution is -2.17. The van der Waals surface area contributed by atoms with E-state index in [9.17, 15) is 18.0 Å². The van der Waals surface area contributed by atoms with E-state index in [1.54, 1.807) is 24.3 Å². The van der Waals surface area contributed by atoms with E-state index in [-0.39, 0.29) is 20.5 Å². The van der Waals surface area contributed by atoms with E-state index in [1.165, 1.54) is 0 Å². The Labute approximate surface area is 221 Å². The first-order valence-corrected chi connectivity index (χ1v) is 13.6. The maximum Gasteiger partial charge on any atom is 0.340 e. The average Bonchev–Trinajstić information content (AvgIpc) is 2.83. The maximum atomic E-state index is 13.0. The largest absolute Gasteiger partial charge is 0.454 e. The smallest absolute Gasteiger partial charge is 0.340 e. The highest BCUT2D eigenvalue weighted by atomic mass is 35.5. The molecule has 0 unspecified atom stereocenters. The average molecular weight is 548 g/mol. The van der Waals surface area contributed by atoms with Crippen molar-refractivity contribution in [3.05, 3.63) is 92.5 Å². The molecule has 0 fully saturated rings. The highest BCUT2D eigenvalue weighted by molar-refractivity contribution is 7.92. The molecule has 0 amide bonds. The molecule has 0 bridgehead atoms. The molecule has 0 heterocycles. The van der Waals surface area contributed by atoms with Gasteiger partial charge in [-0.3, -0.25) is 9.52 Å². The summed E-state index contributed by atoms with van der Waals surface area (Å²) >= 11 is 12.3. The number of ether oxygens (including phenoxy) is 1. The van der Waals surface area contributed by atoms with E-state index in [0.29, 0.717) is 11.3 Å². The SMILES string of the molecule is CCCCc1ccc(NS(=O)(=O)c2cc(C(=O)OCC(=O)c3ccc(C)c(C)c3)c(Cl)cc2Cl)cc1. The molecule has 0 aliphatic carbocycles. The zero-order valence-electron chi connectivity index (χ0n) is 20.2. The summed E-state index contributed by atoms with van der Waals surface area (Å²) in [6.45, 7) is 5.38. The minimum absolute atomic E-state index is 0.0946. The number of rotatable bonds is 10. The van der Waals surface area contributed by atoms with Crippen molar-refractivity contribution >= 4 is 50.7 Å². The molecule has 0 atom stereocenters. The Morgan fingerprint density at radius 2 is 1.61 bits per heavy atom. The van der Waals surface area contributed by atoms with Gasteiger partial charge in [-0.15, -0.1) is 0 Å². The number of Topliss-reactive ketones (excluding diaryl/α,β-unsaturated/α-hetero) is 1. The van der Waals surface area contributed by atoms with Gasteiger partial charge in [0.2, 0.25) is 0 Å². The summed E-state index contributed by atoms with van der Waals surface area (Å²) in [5.74, 6) is -1.33. The van der Waals surface area contributed by atoms with Crippen molar-refractivity contribution in [1.29, 1.82) is 0 Å². The number of halogens is 2. The van der Waals surface area contributed by atoms with Gasteiger partial charge in [0.1, 0.15) is 4.90 Å². The first kappa shape index (κ1) is 27.7. The Morgan fingerprint density at radius 3 is 2.25 bits per heavy atom. The molecule has 0 saturated heterocycles. The normalized spacial score (nSPS) is 11.2. The monoisotopic (exact) mass is 547 g/mol. The summed E-state index contributed by atoms with van der Waals surface area (Å²) < 4.78 is 33.7. The number of benzene rings is 3. The number of carbonyl (C=O) groups is 2. The molecule has 0 aromatic heterocycles. The van der Waals surface area contributed by atoms with Crippen molar-refractivity contribution in [3.63, 3.8) is 0 Å². The van der Waals surface area contributed by atoms with Crippen molar-refractivity contribution in [2.75, 3.05) is 11.3 Å². The van der Waals surface area contributed by atoms with Crippen molar-refractivity contribution in [3.8, 4) is 0 Å². The molecule has 3 aromatic rings. The minimum Gasteiger partial charge on any atom is -0.454 e. The van der Waals surface area contributed by atoms with Gasteiger partial charge in [-0.05, 0) is 73.7 Å². The van der Waals surface area contributed by atoms with E-state index in [0.717, 1.165) is 48.1 Å². The van der Waals surface area contributed by atoms with Crippen LogP contribution in [0, 0.1) is 13.8 Å². The molecular formula is C27H27Cl2NO5S. The number of hydrogen-bond donors (Lipinski definition) is 1.